The van der Waals surface area contributed by atoms with Gasteiger partial charge in [-0.15, -0.1) is 0 Å². The van der Waals surface area contributed by atoms with Crippen molar-refractivity contribution in [3.05, 3.63) is 29.3 Å². The molecular formula is C14H19NO3. The molecule has 0 fully saturated rings. The summed E-state index contributed by atoms with van der Waals surface area (Å²) in [6.07, 6.45) is 0.886. The molecule has 98 valence electrons. The van der Waals surface area contributed by atoms with E-state index in [0.717, 1.165) is 23.3 Å². The van der Waals surface area contributed by atoms with Crippen LogP contribution in [0.3, 0.4) is 0 Å². The SMILES string of the molecule is CC1(C)Cc2cccc(C(CN)CC(=O)O)c2O1. The first kappa shape index (κ1) is 12.9. The number of carboxylic acid groups (broad SMARTS) is 1. The summed E-state index contributed by atoms with van der Waals surface area (Å²) in [4.78, 5) is 10.9. The fraction of sp³-hybridized carbons (Fsp3) is 0.500. The summed E-state index contributed by atoms with van der Waals surface area (Å²) in [6, 6.07) is 5.89. The summed E-state index contributed by atoms with van der Waals surface area (Å²) in [6.45, 7) is 4.38. The fourth-order valence-corrected chi connectivity index (χ4v) is 2.49. The van der Waals surface area contributed by atoms with E-state index in [4.69, 9.17) is 15.6 Å². The highest BCUT2D eigenvalue weighted by Crippen LogP contribution is 2.40. The van der Waals surface area contributed by atoms with Crippen LogP contribution >= 0.6 is 0 Å². The zero-order valence-corrected chi connectivity index (χ0v) is 10.8. The lowest BCUT2D eigenvalue weighted by Gasteiger charge is -2.20. The maximum absolute atomic E-state index is 10.9. The van der Waals surface area contributed by atoms with Crippen LogP contribution in [0.4, 0.5) is 0 Å². The molecule has 1 atom stereocenters. The van der Waals surface area contributed by atoms with Crippen molar-refractivity contribution in [2.75, 3.05) is 6.54 Å². The van der Waals surface area contributed by atoms with Crippen molar-refractivity contribution < 1.29 is 14.6 Å². The van der Waals surface area contributed by atoms with Crippen LogP contribution in [-0.4, -0.2) is 23.2 Å². The molecule has 4 heteroatoms. The Morgan fingerprint density at radius 3 is 2.89 bits per heavy atom. The molecule has 4 nitrogen and oxygen atoms in total. The first-order chi connectivity index (χ1) is 8.43. The van der Waals surface area contributed by atoms with Gasteiger partial charge >= 0.3 is 5.97 Å². The van der Waals surface area contributed by atoms with Crippen molar-refractivity contribution >= 4 is 5.97 Å². The molecule has 18 heavy (non-hydrogen) atoms. The molecule has 0 aliphatic carbocycles. The van der Waals surface area contributed by atoms with Crippen molar-refractivity contribution in [3.63, 3.8) is 0 Å². The van der Waals surface area contributed by atoms with Gasteiger partial charge in [-0.1, -0.05) is 18.2 Å². The number of ether oxygens (including phenoxy) is 1. The highest BCUT2D eigenvalue weighted by Gasteiger charge is 2.33. The van der Waals surface area contributed by atoms with Crippen LogP contribution in [-0.2, 0) is 11.2 Å². The highest BCUT2D eigenvalue weighted by molar-refractivity contribution is 5.68. The minimum absolute atomic E-state index is 0.0384. The number of carbonyl (C=O) groups is 1. The predicted molar refractivity (Wildman–Crippen MR) is 68.9 cm³/mol. The van der Waals surface area contributed by atoms with Crippen LogP contribution in [0.25, 0.3) is 0 Å². The zero-order chi connectivity index (χ0) is 13.3. The van der Waals surface area contributed by atoms with Gasteiger partial charge in [0.15, 0.2) is 0 Å². The van der Waals surface area contributed by atoms with E-state index in [2.05, 4.69) is 0 Å². The molecule has 0 spiro atoms. The minimum Gasteiger partial charge on any atom is -0.487 e. The van der Waals surface area contributed by atoms with E-state index >= 15 is 0 Å². The standard InChI is InChI=1S/C14H19NO3/c1-14(2)7-9-4-3-5-11(13(9)18-14)10(8-15)6-12(16)17/h3-5,10H,6-8,15H2,1-2H3,(H,16,17). The Balaban J connectivity index is 2.36. The number of carboxylic acids is 1. The Kier molecular flexibility index (Phi) is 3.30. The van der Waals surface area contributed by atoms with E-state index in [9.17, 15) is 4.79 Å². The average Bonchev–Trinajstić information content (AvgIpc) is 2.59. The van der Waals surface area contributed by atoms with Crippen molar-refractivity contribution in [2.24, 2.45) is 5.73 Å². The largest absolute Gasteiger partial charge is 0.487 e. The van der Waals surface area contributed by atoms with E-state index in [-0.39, 0.29) is 17.9 Å². The van der Waals surface area contributed by atoms with Crippen LogP contribution in [0.2, 0.25) is 0 Å². The summed E-state index contributed by atoms with van der Waals surface area (Å²) < 4.78 is 5.94. The Bertz CT molecular complexity index is 468. The number of hydrogen-bond acceptors (Lipinski definition) is 3. The fourth-order valence-electron chi connectivity index (χ4n) is 2.49. The quantitative estimate of drug-likeness (QED) is 0.855. The lowest BCUT2D eigenvalue weighted by molar-refractivity contribution is -0.137. The van der Waals surface area contributed by atoms with Crippen LogP contribution in [0.1, 0.15) is 37.3 Å². The molecule has 1 aromatic rings. The molecule has 2 rings (SSSR count). The van der Waals surface area contributed by atoms with Gasteiger partial charge in [-0.05, 0) is 31.5 Å². The lowest BCUT2D eigenvalue weighted by atomic mass is 9.92. The van der Waals surface area contributed by atoms with E-state index in [1.165, 1.54) is 0 Å². The summed E-state index contributed by atoms with van der Waals surface area (Å²) in [5.74, 6) is -0.189. The second-order valence-corrected chi connectivity index (χ2v) is 5.40. The van der Waals surface area contributed by atoms with E-state index < -0.39 is 5.97 Å². The smallest absolute Gasteiger partial charge is 0.304 e. The Morgan fingerprint density at radius 2 is 2.28 bits per heavy atom. The monoisotopic (exact) mass is 249 g/mol. The van der Waals surface area contributed by atoms with Crippen molar-refractivity contribution in [2.45, 2.75) is 38.2 Å². The van der Waals surface area contributed by atoms with Crippen molar-refractivity contribution in [3.8, 4) is 5.75 Å². The molecule has 0 amide bonds. The first-order valence-corrected chi connectivity index (χ1v) is 6.15. The van der Waals surface area contributed by atoms with Crippen LogP contribution in [0.5, 0.6) is 5.75 Å². The number of rotatable bonds is 4. The van der Waals surface area contributed by atoms with Gasteiger partial charge in [0.05, 0.1) is 6.42 Å². The second kappa shape index (κ2) is 4.61. The summed E-state index contributed by atoms with van der Waals surface area (Å²) in [5.41, 5.74) is 7.53. The van der Waals surface area contributed by atoms with Crippen molar-refractivity contribution in [1.29, 1.82) is 0 Å². The van der Waals surface area contributed by atoms with E-state index in [0.29, 0.717) is 6.54 Å². The molecule has 3 N–H and O–H groups in total. The second-order valence-electron chi connectivity index (χ2n) is 5.40. The molecule has 1 aliphatic heterocycles. The Morgan fingerprint density at radius 1 is 1.56 bits per heavy atom. The molecule has 1 unspecified atom stereocenters. The molecule has 0 aromatic heterocycles. The van der Waals surface area contributed by atoms with Crippen LogP contribution in [0, 0.1) is 0 Å². The molecule has 0 saturated carbocycles. The maximum atomic E-state index is 10.9. The van der Waals surface area contributed by atoms with Gasteiger partial charge in [-0.25, -0.2) is 0 Å². The van der Waals surface area contributed by atoms with Gasteiger partial charge in [0, 0.05) is 12.3 Å². The molecule has 0 radical (unpaired) electrons. The highest BCUT2D eigenvalue weighted by atomic mass is 16.5. The zero-order valence-electron chi connectivity index (χ0n) is 10.8. The summed E-state index contributed by atoms with van der Waals surface area (Å²) >= 11 is 0. The number of nitrogens with two attached hydrogens (primary N) is 1. The lowest BCUT2D eigenvalue weighted by Crippen LogP contribution is -2.25. The number of hydrogen-bond donors (Lipinski definition) is 2. The maximum Gasteiger partial charge on any atom is 0.304 e. The Hall–Kier alpha value is -1.55. The van der Waals surface area contributed by atoms with Gasteiger partial charge in [0.2, 0.25) is 0 Å². The van der Waals surface area contributed by atoms with Crippen LogP contribution < -0.4 is 10.5 Å². The van der Waals surface area contributed by atoms with E-state index in [1.54, 1.807) is 0 Å². The minimum atomic E-state index is -0.833. The van der Waals surface area contributed by atoms with Crippen molar-refractivity contribution in [1.82, 2.24) is 0 Å². The van der Waals surface area contributed by atoms with Gasteiger partial charge in [0.1, 0.15) is 11.4 Å². The molecule has 1 aromatic carbocycles. The molecule has 1 aliphatic rings. The number of aliphatic carboxylic acids is 1. The van der Waals surface area contributed by atoms with Crippen LogP contribution in [0.15, 0.2) is 18.2 Å². The van der Waals surface area contributed by atoms with Gasteiger partial charge in [-0.3, -0.25) is 4.79 Å². The molecular weight excluding hydrogens is 230 g/mol. The van der Waals surface area contributed by atoms with Gasteiger partial charge in [0.25, 0.3) is 0 Å². The summed E-state index contributed by atoms with van der Waals surface area (Å²) in [5, 5.41) is 8.93. The normalized spacial score (nSPS) is 17.9. The number of benzene rings is 1. The summed E-state index contributed by atoms with van der Waals surface area (Å²) in [7, 11) is 0. The average molecular weight is 249 g/mol. The first-order valence-electron chi connectivity index (χ1n) is 6.15. The topological polar surface area (TPSA) is 72.6 Å². The molecule has 0 bridgehead atoms. The Labute approximate surface area is 107 Å². The van der Waals surface area contributed by atoms with E-state index in [1.807, 2.05) is 32.0 Å². The number of para-hydroxylation sites is 1. The third kappa shape index (κ3) is 2.48. The van der Waals surface area contributed by atoms with Gasteiger partial charge in [-0.2, -0.15) is 0 Å². The predicted octanol–water partition coefficient (Wildman–Crippen LogP) is 1.92. The number of fused-ring (bicyclic) bond motifs is 1. The third-order valence-electron chi connectivity index (χ3n) is 3.27. The van der Waals surface area contributed by atoms with Gasteiger partial charge < -0.3 is 15.6 Å². The molecule has 0 saturated heterocycles. The third-order valence-corrected chi connectivity index (χ3v) is 3.27. The molecule has 1 heterocycles.